The highest BCUT2D eigenvalue weighted by molar-refractivity contribution is 5.71. The molecule has 6 nitrogen and oxygen atoms in total. The first-order valence-electron chi connectivity index (χ1n) is 6.51. The minimum absolute atomic E-state index is 0.0102. The van der Waals surface area contributed by atoms with Gasteiger partial charge in [0.1, 0.15) is 5.69 Å². The molecule has 0 aromatic heterocycles. The van der Waals surface area contributed by atoms with Gasteiger partial charge in [-0.05, 0) is 25.0 Å². The van der Waals surface area contributed by atoms with Gasteiger partial charge >= 0.3 is 6.18 Å². The highest BCUT2D eigenvalue weighted by atomic mass is 19.4. The van der Waals surface area contributed by atoms with Gasteiger partial charge in [0.25, 0.3) is 5.69 Å². The quantitative estimate of drug-likeness (QED) is 0.624. The summed E-state index contributed by atoms with van der Waals surface area (Å²) in [4.78, 5) is 22.5. The fourth-order valence-electron chi connectivity index (χ4n) is 2.50. The maximum atomic E-state index is 12.7. The van der Waals surface area contributed by atoms with Crippen molar-refractivity contribution in [3.05, 3.63) is 33.9 Å². The minimum atomic E-state index is -4.68. The molecule has 1 aliphatic rings. The number of nitrogens with zero attached hydrogens (tertiary/aromatic N) is 2. The lowest BCUT2D eigenvalue weighted by molar-refractivity contribution is -0.384. The van der Waals surface area contributed by atoms with Crippen LogP contribution in [0.2, 0.25) is 0 Å². The van der Waals surface area contributed by atoms with E-state index < -0.39 is 34.2 Å². The zero-order valence-corrected chi connectivity index (χ0v) is 11.3. The Labute approximate surface area is 123 Å². The fourth-order valence-corrected chi connectivity index (χ4v) is 2.50. The fraction of sp³-hybridized carbons (Fsp3) is 0.462. The summed E-state index contributed by atoms with van der Waals surface area (Å²) in [6, 6.07) is 2.24. The van der Waals surface area contributed by atoms with Crippen molar-refractivity contribution in [1.29, 1.82) is 0 Å². The van der Waals surface area contributed by atoms with E-state index in [-0.39, 0.29) is 12.2 Å². The number of aliphatic carboxylic acids is 1. The summed E-state index contributed by atoms with van der Waals surface area (Å²) in [5.74, 6) is -2.06. The molecule has 22 heavy (non-hydrogen) atoms. The standard InChI is InChI=1S/C13H13F3N2O4/c14-13(15,16)9-3-4-10(11(6-9)18(21)22)17-5-1-2-8(7-17)12(19)20/h3-4,6,8H,1-2,5,7H2,(H,19,20)/p-1/t8-/m1/s1. The maximum absolute atomic E-state index is 12.7. The Bertz CT molecular complexity index is 603. The number of hydrogen-bond acceptors (Lipinski definition) is 5. The third-order valence-electron chi connectivity index (χ3n) is 3.59. The van der Waals surface area contributed by atoms with Crippen LogP contribution in [0.15, 0.2) is 18.2 Å². The molecule has 0 radical (unpaired) electrons. The molecule has 1 atom stereocenters. The average molecular weight is 317 g/mol. The molecule has 120 valence electrons. The van der Waals surface area contributed by atoms with Crippen LogP contribution in [-0.4, -0.2) is 24.0 Å². The molecule has 0 spiro atoms. The van der Waals surface area contributed by atoms with Crippen LogP contribution in [-0.2, 0) is 11.0 Å². The number of rotatable bonds is 3. The van der Waals surface area contributed by atoms with Crippen molar-refractivity contribution >= 4 is 17.3 Å². The van der Waals surface area contributed by atoms with E-state index in [1.165, 1.54) is 4.90 Å². The number of carboxylic acid groups (broad SMARTS) is 1. The normalized spacial score (nSPS) is 19.0. The van der Waals surface area contributed by atoms with Crippen molar-refractivity contribution in [3.63, 3.8) is 0 Å². The van der Waals surface area contributed by atoms with Crippen molar-refractivity contribution < 1.29 is 28.0 Å². The number of carbonyl (C=O) groups is 1. The SMILES string of the molecule is O=C([O-])[C@@H]1CCCN(c2ccc(C(F)(F)F)cc2[N+](=O)[O-])C1. The number of nitro benzene ring substituents is 1. The van der Waals surface area contributed by atoms with Crippen LogP contribution >= 0.6 is 0 Å². The largest absolute Gasteiger partial charge is 0.550 e. The molecule has 1 aromatic rings. The van der Waals surface area contributed by atoms with Crippen LogP contribution in [0.4, 0.5) is 24.5 Å². The number of carboxylic acids is 1. The third kappa shape index (κ3) is 3.29. The molecular weight excluding hydrogens is 305 g/mol. The van der Waals surface area contributed by atoms with E-state index in [1.54, 1.807) is 0 Å². The van der Waals surface area contributed by atoms with E-state index in [4.69, 9.17) is 0 Å². The molecule has 9 heteroatoms. The van der Waals surface area contributed by atoms with Gasteiger partial charge in [0.15, 0.2) is 0 Å². The van der Waals surface area contributed by atoms with Crippen molar-refractivity contribution in [2.45, 2.75) is 19.0 Å². The van der Waals surface area contributed by atoms with E-state index in [0.717, 1.165) is 12.1 Å². The second kappa shape index (κ2) is 5.82. The number of benzene rings is 1. The number of halogens is 3. The first-order chi connectivity index (χ1) is 10.2. The summed E-state index contributed by atoms with van der Waals surface area (Å²) < 4.78 is 38.0. The summed E-state index contributed by atoms with van der Waals surface area (Å²) in [6.07, 6.45) is -3.83. The van der Waals surface area contributed by atoms with Crippen LogP contribution in [0.3, 0.4) is 0 Å². The van der Waals surface area contributed by atoms with Crippen LogP contribution in [0, 0.1) is 16.0 Å². The van der Waals surface area contributed by atoms with Gasteiger partial charge in [-0.25, -0.2) is 0 Å². The molecule has 1 saturated heterocycles. The highest BCUT2D eigenvalue weighted by Crippen LogP contribution is 2.37. The zero-order chi connectivity index (χ0) is 16.5. The lowest BCUT2D eigenvalue weighted by atomic mass is 9.97. The van der Waals surface area contributed by atoms with Crippen molar-refractivity contribution in [3.8, 4) is 0 Å². The van der Waals surface area contributed by atoms with Gasteiger partial charge < -0.3 is 14.8 Å². The second-order valence-corrected chi connectivity index (χ2v) is 5.06. The molecule has 1 fully saturated rings. The number of hydrogen-bond donors (Lipinski definition) is 0. The topological polar surface area (TPSA) is 86.5 Å². The number of piperidine rings is 1. The molecule has 0 amide bonds. The van der Waals surface area contributed by atoms with Crippen LogP contribution in [0.5, 0.6) is 0 Å². The number of alkyl halides is 3. The van der Waals surface area contributed by atoms with Gasteiger partial charge in [0, 0.05) is 31.0 Å². The molecule has 2 rings (SSSR count). The lowest BCUT2D eigenvalue weighted by Gasteiger charge is -2.34. The van der Waals surface area contributed by atoms with E-state index in [1.807, 2.05) is 0 Å². The molecule has 0 N–H and O–H groups in total. The van der Waals surface area contributed by atoms with Gasteiger partial charge in [-0.2, -0.15) is 13.2 Å². The van der Waals surface area contributed by atoms with Gasteiger partial charge in [-0.1, -0.05) is 0 Å². The van der Waals surface area contributed by atoms with Crippen molar-refractivity contribution in [1.82, 2.24) is 0 Å². The molecule has 0 bridgehead atoms. The van der Waals surface area contributed by atoms with Crippen LogP contribution in [0.1, 0.15) is 18.4 Å². The van der Waals surface area contributed by atoms with E-state index in [0.29, 0.717) is 25.5 Å². The predicted octanol–water partition coefficient (Wildman–Crippen LogP) is 1.58. The zero-order valence-electron chi connectivity index (χ0n) is 11.3. The van der Waals surface area contributed by atoms with E-state index in [2.05, 4.69) is 0 Å². The summed E-state index contributed by atoms with van der Waals surface area (Å²) in [7, 11) is 0. The first kappa shape index (κ1) is 16.1. The van der Waals surface area contributed by atoms with Gasteiger partial charge in [0.05, 0.1) is 10.5 Å². The Hall–Kier alpha value is -2.32. The number of carbonyl (C=O) groups excluding carboxylic acids is 1. The summed E-state index contributed by atoms with van der Waals surface area (Å²) in [5.41, 5.74) is -1.81. The second-order valence-electron chi connectivity index (χ2n) is 5.06. The Morgan fingerprint density at radius 1 is 1.36 bits per heavy atom. The Kier molecular flexibility index (Phi) is 4.25. The highest BCUT2D eigenvalue weighted by Gasteiger charge is 2.34. The number of nitro groups is 1. The molecular formula is C13H12F3N2O4-. The Morgan fingerprint density at radius 3 is 2.59 bits per heavy atom. The minimum Gasteiger partial charge on any atom is -0.550 e. The lowest BCUT2D eigenvalue weighted by Crippen LogP contribution is -2.44. The Balaban J connectivity index is 2.38. The smallest absolute Gasteiger partial charge is 0.416 e. The summed E-state index contributed by atoms with van der Waals surface area (Å²) in [6.45, 7) is 0.324. The molecule has 1 heterocycles. The number of anilines is 1. The monoisotopic (exact) mass is 317 g/mol. The van der Waals surface area contributed by atoms with Crippen molar-refractivity contribution in [2.75, 3.05) is 18.0 Å². The average Bonchev–Trinajstić information content (AvgIpc) is 2.45. The molecule has 0 saturated carbocycles. The van der Waals surface area contributed by atoms with Crippen molar-refractivity contribution in [2.24, 2.45) is 5.92 Å². The molecule has 1 aromatic carbocycles. The summed E-state index contributed by atoms with van der Waals surface area (Å²) >= 11 is 0. The van der Waals surface area contributed by atoms with Crippen LogP contribution < -0.4 is 10.0 Å². The third-order valence-corrected chi connectivity index (χ3v) is 3.59. The Morgan fingerprint density at radius 2 is 2.05 bits per heavy atom. The van der Waals surface area contributed by atoms with Gasteiger partial charge in [-0.3, -0.25) is 10.1 Å². The predicted molar refractivity (Wildman–Crippen MR) is 68.0 cm³/mol. The van der Waals surface area contributed by atoms with Gasteiger partial charge in [0.2, 0.25) is 0 Å². The maximum Gasteiger partial charge on any atom is 0.416 e. The van der Waals surface area contributed by atoms with E-state index >= 15 is 0 Å². The van der Waals surface area contributed by atoms with Crippen LogP contribution in [0.25, 0.3) is 0 Å². The molecule has 0 aliphatic carbocycles. The molecule has 1 aliphatic heterocycles. The molecule has 0 unspecified atom stereocenters. The van der Waals surface area contributed by atoms with Gasteiger partial charge in [-0.15, -0.1) is 0 Å². The van der Waals surface area contributed by atoms with E-state index in [9.17, 15) is 33.2 Å². The first-order valence-corrected chi connectivity index (χ1v) is 6.51. The summed E-state index contributed by atoms with van der Waals surface area (Å²) in [5, 5.41) is 22.0.